The molecular weight excluding hydrogens is 458 g/mol. The lowest BCUT2D eigenvalue weighted by molar-refractivity contribution is -0.135. The molecule has 1 spiro atoms. The van der Waals surface area contributed by atoms with Crippen LogP contribution in [-0.4, -0.2) is 71.3 Å². The summed E-state index contributed by atoms with van der Waals surface area (Å²) in [5.74, 6) is -0.197. The first-order chi connectivity index (χ1) is 17.4. The number of carbonyl (C=O) groups excluding carboxylic acids is 2. The molecule has 2 aromatic rings. The SMILES string of the molecule is Cn1c(=O)n(C2CCC(=O)NC2=O)c2ccc(C3CCN(CCCOC4CC5(CNC5)C4)CC3)cc21. The number of amides is 2. The number of imidazole rings is 1. The molecule has 4 heterocycles. The number of nitrogens with zero attached hydrogens (tertiary/aromatic N) is 3. The largest absolute Gasteiger partial charge is 0.378 e. The van der Waals surface area contributed by atoms with Crippen molar-refractivity contribution >= 4 is 22.8 Å². The van der Waals surface area contributed by atoms with Crippen LogP contribution in [0.3, 0.4) is 0 Å². The molecule has 1 atom stereocenters. The van der Waals surface area contributed by atoms with Gasteiger partial charge in [-0.05, 0) is 75.2 Å². The Morgan fingerprint density at radius 2 is 1.83 bits per heavy atom. The molecule has 1 saturated carbocycles. The third-order valence-corrected chi connectivity index (χ3v) is 8.99. The minimum atomic E-state index is -0.641. The smallest absolute Gasteiger partial charge is 0.329 e. The molecule has 194 valence electrons. The van der Waals surface area contributed by atoms with Crippen LogP contribution in [0.15, 0.2) is 23.0 Å². The first kappa shape index (κ1) is 23.9. The number of fused-ring (bicyclic) bond motifs is 1. The Morgan fingerprint density at radius 3 is 2.53 bits per heavy atom. The van der Waals surface area contributed by atoms with Gasteiger partial charge in [-0.25, -0.2) is 4.79 Å². The summed E-state index contributed by atoms with van der Waals surface area (Å²) in [5.41, 5.74) is 3.22. The number of carbonyl (C=O) groups is 2. The van der Waals surface area contributed by atoms with Crippen LogP contribution >= 0.6 is 0 Å². The summed E-state index contributed by atoms with van der Waals surface area (Å²) in [7, 11) is 1.76. The molecule has 0 bridgehead atoms. The van der Waals surface area contributed by atoms with Gasteiger partial charge in [-0.2, -0.15) is 0 Å². The molecule has 0 radical (unpaired) electrons. The van der Waals surface area contributed by atoms with E-state index in [4.69, 9.17) is 4.74 Å². The highest BCUT2D eigenvalue weighted by Gasteiger charge is 2.48. The summed E-state index contributed by atoms with van der Waals surface area (Å²) in [4.78, 5) is 39.6. The first-order valence-corrected chi connectivity index (χ1v) is 13.5. The molecule has 1 aliphatic carbocycles. The molecule has 4 fully saturated rings. The van der Waals surface area contributed by atoms with E-state index in [0.717, 1.165) is 56.5 Å². The number of nitrogens with one attached hydrogen (secondary N) is 2. The molecule has 4 aliphatic rings. The molecule has 1 aromatic heterocycles. The highest BCUT2D eigenvalue weighted by Crippen LogP contribution is 2.45. The number of aryl methyl sites for hydroxylation is 1. The van der Waals surface area contributed by atoms with Gasteiger partial charge in [0.2, 0.25) is 11.8 Å². The Kier molecular flexibility index (Phi) is 6.25. The lowest BCUT2D eigenvalue weighted by Crippen LogP contribution is -2.62. The lowest BCUT2D eigenvalue weighted by Gasteiger charge is -2.54. The Bertz CT molecular complexity index is 1210. The lowest BCUT2D eigenvalue weighted by atomic mass is 9.63. The van der Waals surface area contributed by atoms with Crippen molar-refractivity contribution in [1.82, 2.24) is 24.7 Å². The van der Waals surface area contributed by atoms with E-state index in [2.05, 4.69) is 27.7 Å². The summed E-state index contributed by atoms with van der Waals surface area (Å²) in [6, 6.07) is 5.57. The molecule has 2 N–H and O–H groups in total. The number of imide groups is 1. The molecule has 3 saturated heterocycles. The van der Waals surface area contributed by atoms with Gasteiger partial charge in [0, 0.05) is 45.1 Å². The molecule has 36 heavy (non-hydrogen) atoms. The summed E-state index contributed by atoms with van der Waals surface area (Å²) < 4.78 is 9.27. The molecule has 6 rings (SSSR count). The van der Waals surface area contributed by atoms with E-state index < -0.39 is 11.9 Å². The quantitative estimate of drug-likeness (QED) is 0.448. The zero-order chi connectivity index (χ0) is 24.9. The van der Waals surface area contributed by atoms with Gasteiger partial charge in [0.05, 0.1) is 17.1 Å². The van der Waals surface area contributed by atoms with Gasteiger partial charge in [0.15, 0.2) is 0 Å². The minimum Gasteiger partial charge on any atom is -0.378 e. The van der Waals surface area contributed by atoms with Crippen molar-refractivity contribution in [2.24, 2.45) is 12.5 Å². The van der Waals surface area contributed by atoms with Crippen LogP contribution in [0.4, 0.5) is 0 Å². The van der Waals surface area contributed by atoms with E-state index in [9.17, 15) is 14.4 Å². The minimum absolute atomic E-state index is 0.213. The van der Waals surface area contributed by atoms with Crippen LogP contribution < -0.4 is 16.3 Å². The van der Waals surface area contributed by atoms with E-state index in [1.807, 2.05) is 6.07 Å². The van der Waals surface area contributed by atoms with E-state index in [-0.39, 0.29) is 18.0 Å². The Labute approximate surface area is 211 Å². The zero-order valence-corrected chi connectivity index (χ0v) is 21.1. The van der Waals surface area contributed by atoms with Gasteiger partial charge in [0.1, 0.15) is 6.04 Å². The zero-order valence-electron chi connectivity index (χ0n) is 21.1. The number of benzene rings is 1. The van der Waals surface area contributed by atoms with Crippen molar-refractivity contribution in [3.63, 3.8) is 0 Å². The number of likely N-dealkylation sites (tertiary alicyclic amines) is 1. The Hall–Kier alpha value is -2.49. The molecule has 2 amide bonds. The average Bonchev–Trinajstić information content (AvgIpc) is 3.07. The number of aromatic nitrogens is 2. The molecule has 9 nitrogen and oxygen atoms in total. The van der Waals surface area contributed by atoms with Crippen molar-refractivity contribution in [2.45, 2.75) is 63.0 Å². The van der Waals surface area contributed by atoms with Crippen molar-refractivity contribution in [2.75, 3.05) is 39.3 Å². The summed E-state index contributed by atoms with van der Waals surface area (Å²) in [5, 5.41) is 5.75. The summed E-state index contributed by atoms with van der Waals surface area (Å²) in [6.07, 6.45) is 6.85. The fourth-order valence-electron chi connectivity index (χ4n) is 6.68. The first-order valence-electron chi connectivity index (χ1n) is 13.5. The summed E-state index contributed by atoms with van der Waals surface area (Å²) >= 11 is 0. The van der Waals surface area contributed by atoms with Gasteiger partial charge in [-0.15, -0.1) is 0 Å². The van der Waals surface area contributed by atoms with Crippen LogP contribution in [0.1, 0.15) is 62.5 Å². The summed E-state index contributed by atoms with van der Waals surface area (Å²) in [6.45, 7) is 6.47. The van der Waals surface area contributed by atoms with Crippen molar-refractivity contribution in [3.05, 3.63) is 34.2 Å². The third-order valence-electron chi connectivity index (χ3n) is 8.99. The maximum Gasteiger partial charge on any atom is 0.329 e. The number of piperidine rings is 2. The monoisotopic (exact) mass is 495 g/mol. The van der Waals surface area contributed by atoms with Crippen LogP contribution in [0, 0.1) is 5.41 Å². The molecule has 3 aliphatic heterocycles. The molecular formula is C27H37N5O4. The maximum atomic E-state index is 13.0. The van der Waals surface area contributed by atoms with Gasteiger partial charge >= 0.3 is 5.69 Å². The van der Waals surface area contributed by atoms with E-state index in [1.165, 1.54) is 31.5 Å². The standard InChI is InChI=1S/C27H37N5O4/c1-30-23-13-19(3-4-21(23)32(26(30)35)22-5-6-24(33)29-25(22)34)18-7-10-31(11-8-18)9-2-12-36-20-14-27(15-20)16-28-17-27/h3-4,13,18,20,22,28H,2,5-12,14-17H2,1H3,(H,29,33,34). The normalized spacial score (nSPS) is 25.2. The fourth-order valence-corrected chi connectivity index (χ4v) is 6.68. The van der Waals surface area contributed by atoms with Crippen molar-refractivity contribution in [1.29, 1.82) is 0 Å². The van der Waals surface area contributed by atoms with Crippen LogP contribution in [-0.2, 0) is 21.4 Å². The predicted molar refractivity (Wildman–Crippen MR) is 136 cm³/mol. The second kappa shape index (κ2) is 9.43. The van der Waals surface area contributed by atoms with Gasteiger partial charge in [-0.1, -0.05) is 6.07 Å². The number of ether oxygens (including phenoxy) is 1. The van der Waals surface area contributed by atoms with Crippen LogP contribution in [0.25, 0.3) is 11.0 Å². The maximum absolute atomic E-state index is 13.0. The van der Waals surface area contributed by atoms with E-state index in [0.29, 0.717) is 23.9 Å². The molecule has 1 unspecified atom stereocenters. The second-order valence-electron chi connectivity index (χ2n) is 11.4. The topological polar surface area (TPSA) is 97.6 Å². The number of rotatable bonds is 7. The second-order valence-corrected chi connectivity index (χ2v) is 11.4. The fraction of sp³-hybridized carbons (Fsp3) is 0.667. The Morgan fingerprint density at radius 1 is 1.06 bits per heavy atom. The number of hydrogen-bond donors (Lipinski definition) is 2. The highest BCUT2D eigenvalue weighted by molar-refractivity contribution is 6.00. The van der Waals surface area contributed by atoms with Gasteiger partial charge in [0.25, 0.3) is 0 Å². The van der Waals surface area contributed by atoms with Crippen LogP contribution in [0.5, 0.6) is 0 Å². The van der Waals surface area contributed by atoms with Gasteiger partial charge < -0.3 is 15.0 Å². The highest BCUT2D eigenvalue weighted by atomic mass is 16.5. The van der Waals surface area contributed by atoms with Crippen molar-refractivity contribution in [3.8, 4) is 0 Å². The predicted octanol–water partition coefficient (Wildman–Crippen LogP) is 1.66. The van der Waals surface area contributed by atoms with Crippen LogP contribution in [0.2, 0.25) is 0 Å². The van der Waals surface area contributed by atoms with Gasteiger partial charge in [-0.3, -0.25) is 24.0 Å². The number of hydrogen-bond acceptors (Lipinski definition) is 6. The Balaban J connectivity index is 1.03. The van der Waals surface area contributed by atoms with E-state index in [1.54, 1.807) is 16.2 Å². The average molecular weight is 496 g/mol. The third kappa shape index (κ3) is 4.31. The van der Waals surface area contributed by atoms with E-state index >= 15 is 0 Å². The van der Waals surface area contributed by atoms with Crippen molar-refractivity contribution < 1.29 is 14.3 Å². The molecule has 1 aromatic carbocycles. The molecule has 9 heteroatoms.